The third-order valence-electron chi connectivity index (χ3n) is 3.71. The molecule has 0 spiro atoms. The average Bonchev–Trinajstić information content (AvgIpc) is 2.29. The molecule has 0 aromatic heterocycles. The number of hydrogen-bond acceptors (Lipinski definition) is 1. The van der Waals surface area contributed by atoms with Crippen molar-refractivity contribution in [1.82, 2.24) is 0 Å². The second kappa shape index (κ2) is 9.95. The second-order valence-electron chi connectivity index (χ2n) is 4.61. The van der Waals surface area contributed by atoms with Crippen LogP contribution in [0.2, 0.25) is 13.3 Å². The Hall–Kier alpha value is 0.759. The summed E-state index contributed by atoms with van der Waals surface area (Å²) in [5.41, 5.74) is 0. The summed E-state index contributed by atoms with van der Waals surface area (Å²) in [6.07, 6.45) is 8.50. The van der Waals surface area contributed by atoms with Crippen LogP contribution >= 0.6 is 0 Å². The molecule has 0 unspecified atom stereocenters. The van der Waals surface area contributed by atoms with Crippen LogP contribution in [0.5, 0.6) is 0 Å². The van der Waals surface area contributed by atoms with E-state index in [-0.39, 0.29) is 0 Å². The SMILES string of the molecule is CCCCCCC[CH2][Sn]([CH2]C)([CH2]C)[O]C. The average molecular weight is 321 g/mol. The minimum absolute atomic E-state index is 1.35. The van der Waals surface area contributed by atoms with Gasteiger partial charge in [-0.25, -0.2) is 0 Å². The van der Waals surface area contributed by atoms with Gasteiger partial charge >= 0.3 is 102 Å². The molecule has 92 valence electrons. The van der Waals surface area contributed by atoms with E-state index in [4.69, 9.17) is 3.07 Å². The maximum atomic E-state index is 5.87. The molecule has 15 heavy (non-hydrogen) atoms. The molecule has 2 heteroatoms. The summed E-state index contributed by atoms with van der Waals surface area (Å²) < 4.78 is 10.0. The van der Waals surface area contributed by atoms with Crippen molar-refractivity contribution in [1.29, 1.82) is 0 Å². The fourth-order valence-electron chi connectivity index (χ4n) is 2.22. The van der Waals surface area contributed by atoms with E-state index in [0.717, 1.165) is 0 Å². The summed E-state index contributed by atoms with van der Waals surface area (Å²) in [4.78, 5) is 0. The first kappa shape index (κ1) is 15.8. The van der Waals surface area contributed by atoms with Gasteiger partial charge in [-0.15, -0.1) is 0 Å². The monoisotopic (exact) mass is 322 g/mol. The fourth-order valence-corrected chi connectivity index (χ4v) is 10.4. The summed E-state index contributed by atoms with van der Waals surface area (Å²) in [7, 11) is 1.96. The predicted octanol–water partition coefficient (Wildman–Crippen LogP) is 4.98. The molecule has 0 rings (SSSR count). The minimum atomic E-state index is -2.03. The first-order valence-corrected chi connectivity index (χ1v) is 14.0. The standard InChI is InChI=1S/C8H17.2C2H5.CH3O.Sn/c1-3-5-7-8-6-4-2;3*1-2;/h1,3-8H2,2H3;2*1H2,2H3;1H3;/q;;;-1;+1. The first-order valence-electron chi connectivity index (χ1n) is 6.79. The molecule has 0 fully saturated rings. The van der Waals surface area contributed by atoms with E-state index < -0.39 is 18.8 Å². The Morgan fingerprint density at radius 2 is 1.33 bits per heavy atom. The quantitative estimate of drug-likeness (QED) is 0.407. The van der Waals surface area contributed by atoms with Gasteiger partial charge in [-0.3, -0.25) is 0 Å². The molecule has 0 aliphatic carbocycles. The van der Waals surface area contributed by atoms with Crippen molar-refractivity contribution in [3.63, 3.8) is 0 Å². The molecule has 0 N–H and O–H groups in total. The Morgan fingerprint density at radius 1 is 0.800 bits per heavy atom. The molecule has 1 nitrogen and oxygen atoms in total. The zero-order valence-electron chi connectivity index (χ0n) is 11.3. The van der Waals surface area contributed by atoms with Crippen molar-refractivity contribution in [2.45, 2.75) is 72.6 Å². The molecule has 0 aromatic carbocycles. The van der Waals surface area contributed by atoms with Crippen molar-refractivity contribution in [3.05, 3.63) is 0 Å². The summed E-state index contributed by atoms with van der Waals surface area (Å²) in [5.74, 6) is 0. The molecular formula is C13H30OSn. The first-order chi connectivity index (χ1) is 7.24. The van der Waals surface area contributed by atoms with Crippen LogP contribution in [0.25, 0.3) is 0 Å². The molecule has 0 bridgehead atoms. The molecule has 0 aromatic rings. The summed E-state index contributed by atoms with van der Waals surface area (Å²) in [6.45, 7) is 6.95. The van der Waals surface area contributed by atoms with Crippen LogP contribution in [-0.2, 0) is 3.07 Å². The van der Waals surface area contributed by atoms with Crippen LogP contribution < -0.4 is 0 Å². The number of hydrogen-bond donors (Lipinski definition) is 0. The Kier molecular flexibility index (Phi) is 10.5. The van der Waals surface area contributed by atoms with Crippen LogP contribution in [-0.4, -0.2) is 25.9 Å². The number of rotatable bonds is 10. The molecule has 0 saturated carbocycles. The van der Waals surface area contributed by atoms with Crippen molar-refractivity contribution in [2.75, 3.05) is 7.11 Å². The number of unbranched alkanes of at least 4 members (excludes halogenated alkanes) is 5. The van der Waals surface area contributed by atoms with Gasteiger partial charge in [0.05, 0.1) is 0 Å². The zero-order valence-corrected chi connectivity index (χ0v) is 14.1. The van der Waals surface area contributed by atoms with Crippen LogP contribution in [0.4, 0.5) is 0 Å². The second-order valence-corrected chi connectivity index (χ2v) is 18.0. The van der Waals surface area contributed by atoms with Crippen LogP contribution in [0, 0.1) is 0 Å². The van der Waals surface area contributed by atoms with E-state index in [0.29, 0.717) is 0 Å². The van der Waals surface area contributed by atoms with Gasteiger partial charge in [0.15, 0.2) is 0 Å². The van der Waals surface area contributed by atoms with Gasteiger partial charge in [-0.2, -0.15) is 0 Å². The molecule has 0 saturated heterocycles. The van der Waals surface area contributed by atoms with E-state index in [2.05, 4.69) is 20.8 Å². The Labute approximate surface area is 101 Å². The normalized spacial score (nSPS) is 12.0. The molecular weight excluding hydrogens is 291 g/mol. The van der Waals surface area contributed by atoms with Gasteiger partial charge in [0.1, 0.15) is 0 Å². The summed E-state index contributed by atoms with van der Waals surface area (Å²) in [5, 5.41) is 0. The van der Waals surface area contributed by atoms with Gasteiger partial charge < -0.3 is 0 Å². The zero-order chi connectivity index (χ0) is 11.6. The van der Waals surface area contributed by atoms with E-state index in [1.54, 1.807) is 0 Å². The summed E-state index contributed by atoms with van der Waals surface area (Å²) >= 11 is -2.03. The van der Waals surface area contributed by atoms with Gasteiger partial charge in [-0.05, 0) is 0 Å². The van der Waals surface area contributed by atoms with Gasteiger partial charge in [0.2, 0.25) is 0 Å². The van der Waals surface area contributed by atoms with Crippen molar-refractivity contribution in [3.8, 4) is 0 Å². The Bertz CT molecular complexity index is 124. The van der Waals surface area contributed by atoms with Gasteiger partial charge in [0.25, 0.3) is 0 Å². The molecule has 0 radical (unpaired) electrons. The van der Waals surface area contributed by atoms with Crippen molar-refractivity contribution < 1.29 is 3.07 Å². The predicted molar refractivity (Wildman–Crippen MR) is 71.9 cm³/mol. The molecule has 0 atom stereocenters. The topological polar surface area (TPSA) is 9.23 Å². The fraction of sp³-hybridized carbons (Fsp3) is 1.00. The van der Waals surface area contributed by atoms with Gasteiger partial charge in [0, 0.05) is 0 Å². The third-order valence-corrected chi connectivity index (χ3v) is 17.1. The van der Waals surface area contributed by atoms with Crippen LogP contribution in [0.3, 0.4) is 0 Å². The van der Waals surface area contributed by atoms with Crippen molar-refractivity contribution in [2.24, 2.45) is 0 Å². The van der Waals surface area contributed by atoms with E-state index in [1.165, 1.54) is 51.8 Å². The molecule has 0 amide bonds. The summed E-state index contributed by atoms with van der Waals surface area (Å²) in [6, 6.07) is 0. The van der Waals surface area contributed by atoms with Gasteiger partial charge in [-0.1, -0.05) is 0 Å². The maximum absolute atomic E-state index is 5.87. The third kappa shape index (κ3) is 6.83. The Balaban J connectivity index is 3.54. The molecule has 0 aliphatic rings. The van der Waals surface area contributed by atoms with Crippen LogP contribution in [0.1, 0.15) is 59.3 Å². The van der Waals surface area contributed by atoms with E-state index in [1.807, 2.05) is 7.11 Å². The molecule has 0 aliphatic heterocycles. The van der Waals surface area contributed by atoms with E-state index >= 15 is 0 Å². The molecule has 0 heterocycles. The van der Waals surface area contributed by atoms with Crippen LogP contribution in [0.15, 0.2) is 0 Å². The Morgan fingerprint density at radius 3 is 1.80 bits per heavy atom. The van der Waals surface area contributed by atoms with E-state index in [9.17, 15) is 0 Å². The van der Waals surface area contributed by atoms with Crippen molar-refractivity contribution >= 4 is 18.8 Å².